The summed E-state index contributed by atoms with van der Waals surface area (Å²) in [5, 5.41) is 4.02. The number of nitrogens with one attached hydrogen (secondary N) is 1. The van der Waals surface area contributed by atoms with Crippen molar-refractivity contribution < 1.29 is 4.79 Å². The van der Waals surface area contributed by atoms with E-state index in [4.69, 9.17) is 11.6 Å². The lowest BCUT2D eigenvalue weighted by atomic mass is 10.1. The molecule has 2 atom stereocenters. The monoisotopic (exact) mass is 278 g/mol. The van der Waals surface area contributed by atoms with Crippen LogP contribution >= 0.6 is 11.6 Å². The topological polar surface area (TPSA) is 32.3 Å². The van der Waals surface area contributed by atoms with Crippen molar-refractivity contribution in [2.75, 3.05) is 13.1 Å². The van der Waals surface area contributed by atoms with E-state index in [1.54, 1.807) is 6.08 Å². The van der Waals surface area contributed by atoms with Crippen LogP contribution < -0.4 is 5.32 Å². The summed E-state index contributed by atoms with van der Waals surface area (Å²) in [6, 6.07) is 7.90. The zero-order valence-electron chi connectivity index (χ0n) is 11.3. The maximum atomic E-state index is 12.2. The fourth-order valence-electron chi connectivity index (χ4n) is 2.39. The molecule has 2 unspecified atom stereocenters. The van der Waals surface area contributed by atoms with E-state index in [0.29, 0.717) is 5.02 Å². The molecule has 0 radical (unpaired) electrons. The molecule has 19 heavy (non-hydrogen) atoms. The minimum atomic E-state index is 0.0662. The van der Waals surface area contributed by atoms with Crippen LogP contribution in [0.3, 0.4) is 0 Å². The highest BCUT2D eigenvalue weighted by molar-refractivity contribution is 6.30. The van der Waals surface area contributed by atoms with E-state index < -0.39 is 0 Å². The first-order chi connectivity index (χ1) is 9.08. The van der Waals surface area contributed by atoms with Gasteiger partial charge in [-0.15, -0.1) is 0 Å². The summed E-state index contributed by atoms with van der Waals surface area (Å²) >= 11 is 5.83. The van der Waals surface area contributed by atoms with Crippen LogP contribution in [0.25, 0.3) is 6.08 Å². The van der Waals surface area contributed by atoms with Gasteiger partial charge in [-0.05, 0) is 37.6 Å². The average Bonchev–Trinajstić information content (AvgIpc) is 2.38. The van der Waals surface area contributed by atoms with Crippen LogP contribution in [0.2, 0.25) is 5.02 Å². The largest absolute Gasteiger partial charge is 0.331 e. The van der Waals surface area contributed by atoms with Crippen LogP contribution in [-0.4, -0.2) is 36.0 Å². The van der Waals surface area contributed by atoms with Crippen molar-refractivity contribution >= 4 is 23.6 Å². The molecular formula is C15H19ClN2O. The van der Waals surface area contributed by atoms with Crippen LogP contribution in [0.1, 0.15) is 19.4 Å². The molecule has 1 fully saturated rings. The lowest BCUT2D eigenvalue weighted by Gasteiger charge is -2.38. The van der Waals surface area contributed by atoms with Crippen molar-refractivity contribution in [1.82, 2.24) is 10.2 Å². The SMILES string of the molecule is CC1CNCC(C)N1C(=O)C=Cc1ccc(Cl)cc1. The second-order valence-electron chi connectivity index (χ2n) is 4.99. The van der Waals surface area contributed by atoms with E-state index in [1.165, 1.54) is 0 Å². The molecular weight excluding hydrogens is 260 g/mol. The zero-order valence-corrected chi connectivity index (χ0v) is 12.0. The van der Waals surface area contributed by atoms with Gasteiger partial charge >= 0.3 is 0 Å². The Morgan fingerprint density at radius 1 is 1.26 bits per heavy atom. The van der Waals surface area contributed by atoms with Crippen LogP contribution in [0.4, 0.5) is 0 Å². The Morgan fingerprint density at radius 3 is 2.42 bits per heavy atom. The van der Waals surface area contributed by atoms with Gasteiger partial charge in [0.2, 0.25) is 5.91 Å². The highest BCUT2D eigenvalue weighted by Crippen LogP contribution is 2.13. The van der Waals surface area contributed by atoms with E-state index >= 15 is 0 Å². The van der Waals surface area contributed by atoms with Gasteiger partial charge < -0.3 is 10.2 Å². The Labute approximate surface area is 119 Å². The maximum Gasteiger partial charge on any atom is 0.247 e. The van der Waals surface area contributed by atoms with E-state index in [0.717, 1.165) is 18.7 Å². The van der Waals surface area contributed by atoms with Gasteiger partial charge in [0, 0.05) is 36.3 Å². The van der Waals surface area contributed by atoms with Gasteiger partial charge in [-0.3, -0.25) is 4.79 Å². The van der Waals surface area contributed by atoms with Crippen LogP contribution in [-0.2, 0) is 4.79 Å². The van der Waals surface area contributed by atoms with Gasteiger partial charge in [0.25, 0.3) is 0 Å². The number of nitrogens with zero attached hydrogens (tertiary/aromatic N) is 1. The molecule has 0 bridgehead atoms. The van der Waals surface area contributed by atoms with Crippen molar-refractivity contribution in [2.24, 2.45) is 0 Å². The molecule has 0 aromatic heterocycles. The maximum absolute atomic E-state index is 12.2. The van der Waals surface area contributed by atoms with Gasteiger partial charge in [-0.25, -0.2) is 0 Å². The number of carbonyl (C=O) groups excluding carboxylic acids is 1. The second kappa shape index (κ2) is 6.22. The quantitative estimate of drug-likeness (QED) is 0.844. The van der Waals surface area contributed by atoms with Crippen LogP contribution in [0.5, 0.6) is 0 Å². The lowest BCUT2D eigenvalue weighted by Crippen LogP contribution is -2.56. The first-order valence-corrected chi connectivity index (χ1v) is 6.92. The number of carbonyl (C=O) groups is 1. The third-order valence-corrected chi connectivity index (χ3v) is 3.62. The summed E-state index contributed by atoms with van der Waals surface area (Å²) < 4.78 is 0. The van der Waals surface area contributed by atoms with Crippen molar-refractivity contribution in [3.63, 3.8) is 0 Å². The number of halogens is 1. The highest BCUT2D eigenvalue weighted by atomic mass is 35.5. The molecule has 3 nitrogen and oxygen atoms in total. The van der Waals surface area contributed by atoms with Gasteiger partial charge in [0.05, 0.1) is 0 Å². The van der Waals surface area contributed by atoms with E-state index in [9.17, 15) is 4.79 Å². The van der Waals surface area contributed by atoms with Crippen molar-refractivity contribution in [3.05, 3.63) is 40.9 Å². The smallest absolute Gasteiger partial charge is 0.247 e. The third kappa shape index (κ3) is 3.58. The Hall–Kier alpha value is -1.32. The standard InChI is InChI=1S/C15H19ClN2O/c1-11-9-17-10-12(2)18(11)15(19)8-5-13-3-6-14(16)7-4-13/h3-8,11-12,17H,9-10H2,1-2H3. The molecule has 1 aliphatic rings. The zero-order chi connectivity index (χ0) is 13.8. The molecule has 0 aliphatic carbocycles. The number of benzene rings is 1. The van der Waals surface area contributed by atoms with Crippen molar-refractivity contribution in [3.8, 4) is 0 Å². The summed E-state index contributed by atoms with van der Waals surface area (Å²) in [5.74, 6) is 0.0662. The normalized spacial score (nSPS) is 23.8. The van der Waals surface area contributed by atoms with Gasteiger partial charge in [0.1, 0.15) is 0 Å². The molecule has 2 rings (SSSR count). The molecule has 0 spiro atoms. The molecule has 1 N–H and O–H groups in total. The number of amides is 1. The number of piperazine rings is 1. The second-order valence-corrected chi connectivity index (χ2v) is 5.42. The van der Waals surface area contributed by atoms with Crippen molar-refractivity contribution in [1.29, 1.82) is 0 Å². The first kappa shape index (κ1) is 14.1. The summed E-state index contributed by atoms with van der Waals surface area (Å²) in [7, 11) is 0. The molecule has 1 aromatic rings. The molecule has 0 saturated carbocycles. The fourth-order valence-corrected chi connectivity index (χ4v) is 2.52. The molecule has 4 heteroatoms. The Kier molecular flexibility index (Phi) is 4.61. The summed E-state index contributed by atoms with van der Waals surface area (Å²) in [4.78, 5) is 14.2. The molecule has 1 saturated heterocycles. The number of hydrogen-bond acceptors (Lipinski definition) is 2. The molecule has 1 aromatic carbocycles. The van der Waals surface area contributed by atoms with E-state index in [-0.39, 0.29) is 18.0 Å². The average molecular weight is 279 g/mol. The Morgan fingerprint density at radius 2 is 1.84 bits per heavy atom. The molecule has 1 amide bonds. The molecule has 102 valence electrons. The lowest BCUT2D eigenvalue weighted by molar-refractivity contribution is -0.131. The van der Waals surface area contributed by atoms with Gasteiger partial charge in [0.15, 0.2) is 0 Å². The van der Waals surface area contributed by atoms with E-state index in [2.05, 4.69) is 19.2 Å². The van der Waals surface area contributed by atoms with Gasteiger partial charge in [-0.1, -0.05) is 23.7 Å². The number of hydrogen-bond donors (Lipinski definition) is 1. The van der Waals surface area contributed by atoms with E-state index in [1.807, 2.05) is 35.2 Å². The Balaban J connectivity index is 2.05. The third-order valence-electron chi connectivity index (χ3n) is 3.37. The molecule has 1 aliphatic heterocycles. The first-order valence-electron chi connectivity index (χ1n) is 6.54. The summed E-state index contributed by atoms with van der Waals surface area (Å²) in [5.41, 5.74) is 0.980. The molecule has 1 heterocycles. The summed E-state index contributed by atoms with van der Waals surface area (Å²) in [6.45, 7) is 5.84. The van der Waals surface area contributed by atoms with Crippen LogP contribution in [0, 0.1) is 0 Å². The van der Waals surface area contributed by atoms with Gasteiger partial charge in [-0.2, -0.15) is 0 Å². The number of rotatable bonds is 2. The minimum Gasteiger partial charge on any atom is -0.331 e. The van der Waals surface area contributed by atoms with Crippen molar-refractivity contribution in [2.45, 2.75) is 25.9 Å². The Bertz CT molecular complexity index is 460. The fraction of sp³-hybridized carbons (Fsp3) is 0.400. The highest BCUT2D eigenvalue weighted by Gasteiger charge is 2.27. The summed E-state index contributed by atoms with van der Waals surface area (Å²) in [6.07, 6.45) is 3.47. The minimum absolute atomic E-state index is 0.0662. The predicted octanol–water partition coefficient (Wildman–Crippen LogP) is 2.56. The predicted molar refractivity (Wildman–Crippen MR) is 79.1 cm³/mol. The van der Waals surface area contributed by atoms with Crippen LogP contribution in [0.15, 0.2) is 30.3 Å².